The van der Waals surface area contributed by atoms with Gasteiger partial charge in [0.05, 0.1) is 19.1 Å². The van der Waals surface area contributed by atoms with Crippen molar-refractivity contribution in [2.45, 2.75) is 6.42 Å². The minimum atomic E-state index is -0.419. The van der Waals surface area contributed by atoms with E-state index in [-0.39, 0.29) is 11.5 Å². The van der Waals surface area contributed by atoms with Crippen LogP contribution >= 0.6 is 11.6 Å². The molecule has 11 heteroatoms. The fourth-order valence-corrected chi connectivity index (χ4v) is 4.29. The van der Waals surface area contributed by atoms with Crippen LogP contribution in [0.1, 0.15) is 5.56 Å². The van der Waals surface area contributed by atoms with Crippen molar-refractivity contribution >= 4 is 34.6 Å². The number of benzene rings is 2. The first-order chi connectivity index (χ1) is 17.0. The van der Waals surface area contributed by atoms with Crippen molar-refractivity contribution in [2.24, 2.45) is 0 Å². The van der Waals surface area contributed by atoms with Gasteiger partial charge in [-0.15, -0.1) is 0 Å². The molecule has 0 saturated carbocycles. The van der Waals surface area contributed by atoms with Crippen LogP contribution in [0, 0.1) is 10.1 Å². The Bertz CT molecular complexity index is 1190. The lowest BCUT2D eigenvalue weighted by atomic mass is 10.1. The summed E-state index contributed by atoms with van der Waals surface area (Å²) in [5, 5.41) is 15.8. The van der Waals surface area contributed by atoms with E-state index in [0.29, 0.717) is 61.5 Å². The van der Waals surface area contributed by atoms with Gasteiger partial charge in [-0.1, -0.05) is 23.7 Å². The molecule has 4 rings (SSSR count). The molecule has 0 bridgehead atoms. The zero-order valence-electron chi connectivity index (χ0n) is 19.6. The topological polar surface area (TPSA) is 106 Å². The minimum Gasteiger partial charge on any atom is -0.493 e. The van der Waals surface area contributed by atoms with Crippen molar-refractivity contribution in [2.75, 3.05) is 62.1 Å². The van der Waals surface area contributed by atoms with Crippen molar-refractivity contribution in [1.29, 1.82) is 0 Å². The summed E-state index contributed by atoms with van der Waals surface area (Å²) in [5.74, 6) is 1.81. The van der Waals surface area contributed by atoms with Gasteiger partial charge in [-0.05, 0) is 42.3 Å². The summed E-state index contributed by atoms with van der Waals surface area (Å²) < 4.78 is 10.6. The van der Waals surface area contributed by atoms with E-state index in [1.54, 1.807) is 14.2 Å². The standard InChI is InChI=1S/C24H27ClN6O4/c1-34-20-7-6-17(14-21(20)35-2)8-9-26-23-22(31(32)33)24(28-16-27-23)30-12-10-29(11-13-30)19-5-3-4-18(25)15-19/h3-7,14-16H,8-13H2,1-2H3,(H,26,27,28). The SMILES string of the molecule is COc1ccc(CCNc2ncnc(N3CCN(c4cccc(Cl)c4)CC3)c2[N+](=O)[O-])cc1OC. The van der Waals surface area contributed by atoms with Gasteiger partial charge in [-0.3, -0.25) is 10.1 Å². The summed E-state index contributed by atoms with van der Waals surface area (Å²) in [7, 11) is 3.17. The van der Waals surface area contributed by atoms with Gasteiger partial charge < -0.3 is 24.6 Å². The normalized spacial score (nSPS) is 13.5. The zero-order chi connectivity index (χ0) is 24.8. The fraction of sp³-hybridized carbons (Fsp3) is 0.333. The van der Waals surface area contributed by atoms with Crippen LogP contribution in [0.25, 0.3) is 0 Å². The first-order valence-corrected chi connectivity index (χ1v) is 11.6. The molecule has 1 fully saturated rings. The van der Waals surface area contributed by atoms with Crippen LogP contribution < -0.4 is 24.6 Å². The molecular formula is C24H27ClN6O4. The number of anilines is 3. The van der Waals surface area contributed by atoms with E-state index in [9.17, 15) is 10.1 Å². The molecule has 3 aromatic rings. The lowest BCUT2D eigenvalue weighted by Gasteiger charge is -2.36. The first kappa shape index (κ1) is 24.3. The summed E-state index contributed by atoms with van der Waals surface area (Å²) in [6.45, 7) is 3.04. The van der Waals surface area contributed by atoms with Gasteiger partial charge in [-0.2, -0.15) is 0 Å². The Morgan fingerprint density at radius 1 is 1.03 bits per heavy atom. The van der Waals surface area contributed by atoms with Crippen molar-refractivity contribution in [3.8, 4) is 11.5 Å². The van der Waals surface area contributed by atoms with Crippen molar-refractivity contribution in [1.82, 2.24) is 9.97 Å². The van der Waals surface area contributed by atoms with Crippen molar-refractivity contribution in [3.63, 3.8) is 0 Å². The quantitative estimate of drug-likeness (QED) is 0.345. The summed E-state index contributed by atoms with van der Waals surface area (Å²) in [6, 6.07) is 13.3. The summed E-state index contributed by atoms with van der Waals surface area (Å²) in [4.78, 5) is 24.1. The second-order valence-corrected chi connectivity index (χ2v) is 8.41. The Balaban J connectivity index is 1.44. The molecule has 184 valence electrons. The van der Waals surface area contributed by atoms with E-state index in [4.69, 9.17) is 21.1 Å². The summed E-state index contributed by atoms with van der Waals surface area (Å²) in [6.07, 6.45) is 1.99. The highest BCUT2D eigenvalue weighted by atomic mass is 35.5. The molecule has 1 aliphatic heterocycles. The summed E-state index contributed by atoms with van der Waals surface area (Å²) >= 11 is 6.12. The highest BCUT2D eigenvalue weighted by molar-refractivity contribution is 6.30. The number of piperazine rings is 1. The van der Waals surface area contributed by atoms with Crippen LogP contribution in [0.3, 0.4) is 0 Å². The molecule has 1 N–H and O–H groups in total. The number of halogens is 1. The number of nitrogens with zero attached hydrogens (tertiary/aromatic N) is 5. The largest absolute Gasteiger partial charge is 0.493 e. The van der Waals surface area contributed by atoms with Gasteiger partial charge in [0.15, 0.2) is 11.5 Å². The van der Waals surface area contributed by atoms with Crippen LogP contribution in [-0.4, -0.2) is 61.8 Å². The predicted molar refractivity (Wildman–Crippen MR) is 136 cm³/mol. The van der Waals surface area contributed by atoms with Crippen LogP contribution in [0.15, 0.2) is 48.8 Å². The molecule has 35 heavy (non-hydrogen) atoms. The number of nitro groups is 1. The molecule has 0 aliphatic carbocycles. The van der Waals surface area contributed by atoms with Crippen molar-refractivity contribution < 1.29 is 14.4 Å². The fourth-order valence-electron chi connectivity index (χ4n) is 4.11. The Morgan fingerprint density at radius 2 is 1.77 bits per heavy atom. The molecule has 0 unspecified atom stereocenters. The molecule has 0 spiro atoms. The second-order valence-electron chi connectivity index (χ2n) is 7.97. The molecule has 10 nitrogen and oxygen atoms in total. The highest BCUT2D eigenvalue weighted by Crippen LogP contribution is 2.33. The summed E-state index contributed by atoms with van der Waals surface area (Å²) in [5.41, 5.74) is 1.92. The number of hydrogen-bond donors (Lipinski definition) is 1. The molecule has 2 heterocycles. The van der Waals surface area contributed by atoms with Crippen LogP contribution in [0.2, 0.25) is 5.02 Å². The zero-order valence-corrected chi connectivity index (χ0v) is 20.4. The lowest BCUT2D eigenvalue weighted by Crippen LogP contribution is -2.47. The van der Waals surface area contributed by atoms with Gasteiger partial charge in [0.2, 0.25) is 11.6 Å². The Morgan fingerprint density at radius 3 is 2.46 bits per heavy atom. The maximum Gasteiger partial charge on any atom is 0.353 e. The van der Waals surface area contributed by atoms with E-state index in [0.717, 1.165) is 11.3 Å². The second kappa shape index (κ2) is 11.1. The number of nitrogens with one attached hydrogen (secondary N) is 1. The number of ether oxygens (including phenoxy) is 2. The molecule has 0 radical (unpaired) electrons. The van der Waals surface area contributed by atoms with E-state index in [1.807, 2.05) is 47.4 Å². The molecule has 1 saturated heterocycles. The maximum atomic E-state index is 12.0. The molecule has 1 aromatic heterocycles. The Labute approximate surface area is 208 Å². The average Bonchev–Trinajstić information content (AvgIpc) is 2.88. The third-order valence-electron chi connectivity index (χ3n) is 5.89. The molecular weight excluding hydrogens is 472 g/mol. The number of aromatic nitrogens is 2. The monoisotopic (exact) mass is 498 g/mol. The molecule has 1 aliphatic rings. The first-order valence-electron chi connectivity index (χ1n) is 11.2. The van der Waals surface area contributed by atoms with Crippen molar-refractivity contribution in [3.05, 3.63) is 69.5 Å². The van der Waals surface area contributed by atoms with Crippen LogP contribution in [0.4, 0.5) is 23.0 Å². The van der Waals surface area contributed by atoms with Crippen LogP contribution in [-0.2, 0) is 6.42 Å². The minimum absolute atomic E-state index is 0.115. The lowest BCUT2D eigenvalue weighted by molar-refractivity contribution is -0.383. The van der Waals surface area contributed by atoms with Gasteiger partial charge >= 0.3 is 5.69 Å². The Hall–Kier alpha value is -3.79. The van der Waals surface area contributed by atoms with Crippen LogP contribution in [0.5, 0.6) is 11.5 Å². The number of rotatable bonds is 9. The average molecular weight is 499 g/mol. The van der Waals surface area contributed by atoms with Gasteiger partial charge in [-0.25, -0.2) is 9.97 Å². The third-order valence-corrected chi connectivity index (χ3v) is 6.13. The van der Waals surface area contributed by atoms with E-state index in [1.165, 1.54) is 6.33 Å². The number of methoxy groups -OCH3 is 2. The molecule has 0 atom stereocenters. The van der Waals surface area contributed by atoms with E-state index >= 15 is 0 Å². The van der Waals surface area contributed by atoms with E-state index in [2.05, 4.69) is 20.2 Å². The van der Waals surface area contributed by atoms with Gasteiger partial charge in [0.1, 0.15) is 6.33 Å². The smallest absolute Gasteiger partial charge is 0.353 e. The third kappa shape index (κ3) is 5.65. The molecule has 2 aromatic carbocycles. The predicted octanol–water partition coefficient (Wildman–Crippen LogP) is 4.04. The number of hydrogen-bond acceptors (Lipinski definition) is 9. The molecule has 0 amide bonds. The van der Waals surface area contributed by atoms with Gasteiger partial charge in [0, 0.05) is 43.4 Å². The Kier molecular flexibility index (Phi) is 7.71. The van der Waals surface area contributed by atoms with Gasteiger partial charge in [0.25, 0.3) is 0 Å². The maximum absolute atomic E-state index is 12.0. The highest BCUT2D eigenvalue weighted by Gasteiger charge is 2.29. The van der Waals surface area contributed by atoms with E-state index < -0.39 is 4.92 Å².